The number of carbonyl (C=O) groups is 2. The molecule has 2 aromatic heterocycles. The molecule has 0 aromatic carbocycles. The minimum Gasteiger partial charge on any atom is -0.444 e. The van der Waals surface area contributed by atoms with Gasteiger partial charge in [0.05, 0.1) is 12.6 Å². The second kappa shape index (κ2) is 8.28. The van der Waals surface area contributed by atoms with Crippen molar-refractivity contribution >= 4 is 39.1 Å². The molecule has 0 radical (unpaired) electrons. The summed E-state index contributed by atoms with van der Waals surface area (Å²) in [5.74, 6) is -0.505. The first-order valence-electron chi connectivity index (χ1n) is 6.97. The van der Waals surface area contributed by atoms with Gasteiger partial charge in [-0.2, -0.15) is 0 Å². The summed E-state index contributed by atoms with van der Waals surface area (Å²) in [6, 6.07) is 7.29. The zero-order valence-electron chi connectivity index (χ0n) is 12.8. The van der Waals surface area contributed by atoms with E-state index in [-0.39, 0.29) is 24.3 Å². The lowest BCUT2D eigenvalue weighted by Crippen LogP contribution is -2.40. The van der Waals surface area contributed by atoms with Crippen LogP contribution in [0.15, 0.2) is 38.7 Å². The van der Waals surface area contributed by atoms with Gasteiger partial charge in [0.1, 0.15) is 0 Å². The van der Waals surface area contributed by atoms with Gasteiger partial charge in [-0.05, 0) is 53.6 Å². The Morgan fingerprint density at radius 1 is 1.30 bits per heavy atom. The molecule has 23 heavy (non-hydrogen) atoms. The molecule has 2 N–H and O–H groups in total. The number of nitrogens with one attached hydrogen (secondary N) is 2. The normalized spacial score (nSPS) is 12.2. The van der Waals surface area contributed by atoms with Gasteiger partial charge < -0.3 is 20.0 Å². The lowest BCUT2D eigenvalue weighted by Gasteiger charge is -2.23. The summed E-state index contributed by atoms with van der Waals surface area (Å²) in [5.41, 5.74) is 0. The zero-order valence-corrected chi connectivity index (χ0v) is 15.2. The van der Waals surface area contributed by atoms with E-state index in [1.54, 1.807) is 17.4 Å². The van der Waals surface area contributed by atoms with Crippen molar-refractivity contribution in [2.24, 2.45) is 0 Å². The highest BCUT2D eigenvalue weighted by Gasteiger charge is 2.17. The molecule has 1 unspecified atom stereocenters. The van der Waals surface area contributed by atoms with Crippen LogP contribution >= 0.6 is 27.3 Å². The van der Waals surface area contributed by atoms with Crippen LogP contribution in [0.3, 0.4) is 0 Å². The number of hydrogen-bond acceptors (Lipinski definition) is 5. The van der Waals surface area contributed by atoms with Gasteiger partial charge in [0.15, 0.2) is 10.4 Å². The van der Waals surface area contributed by atoms with Gasteiger partial charge in [-0.1, -0.05) is 6.07 Å². The number of rotatable bonds is 7. The average molecular weight is 400 g/mol. The molecule has 2 rings (SSSR count). The SMILES string of the molecule is CN(C)C(CNC(=O)CNC(=O)c1ccc(Br)o1)c1cccs1. The molecule has 0 bridgehead atoms. The number of hydrogen-bond donors (Lipinski definition) is 2. The van der Waals surface area contributed by atoms with Crippen molar-refractivity contribution in [3.8, 4) is 0 Å². The molecule has 0 spiro atoms. The molecular weight excluding hydrogens is 382 g/mol. The molecule has 1 atom stereocenters. The van der Waals surface area contributed by atoms with Gasteiger partial charge in [-0.3, -0.25) is 9.59 Å². The van der Waals surface area contributed by atoms with Gasteiger partial charge in [-0.25, -0.2) is 0 Å². The van der Waals surface area contributed by atoms with Crippen LogP contribution in [0.5, 0.6) is 0 Å². The molecule has 0 fully saturated rings. The molecule has 2 amide bonds. The molecule has 124 valence electrons. The van der Waals surface area contributed by atoms with Crippen LogP contribution in [-0.2, 0) is 4.79 Å². The molecule has 2 heterocycles. The number of furan rings is 1. The highest BCUT2D eigenvalue weighted by atomic mass is 79.9. The van der Waals surface area contributed by atoms with Crippen LogP contribution < -0.4 is 10.6 Å². The minimum atomic E-state index is -0.423. The quantitative estimate of drug-likeness (QED) is 0.748. The maximum absolute atomic E-state index is 11.9. The minimum absolute atomic E-state index is 0.0955. The second-order valence-corrected chi connectivity index (χ2v) is 6.85. The predicted octanol–water partition coefficient (Wildman–Crippen LogP) is 2.25. The van der Waals surface area contributed by atoms with Crippen LogP contribution in [-0.4, -0.2) is 43.9 Å². The first-order chi connectivity index (χ1) is 11.0. The largest absolute Gasteiger partial charge is 0.444 e. The van der Waals surface area contributed by atoms with Crippen molar-refractivity contribution in [2.75, 3.05) is 27.2 Å². The Labute approximate surface area is 147 Å². The number of halogens is 1. The van der Waals surface area contributed by atoms with Crippen molar-refractivity contribution in [3.05, 3.63) is 45.0 Å². The van der Waals surface area contributed by atoms with Gasteiger partial charge in [0, 0.05) is 11.4 Å². The lowest BCUT2D eigenvalue weighted by molar-refractivity contribution is -0.120. The summed E-state index contributed by atoms with van der Waals surface area (Å²) in [7, 11) is 3.93. The highest BCUT2D eigenvalue weighted by Crippen LogP contribution is 2.22. The Morgan fingerprint density at radius 3 is 2.65 bits per heavy atom. The number of thiophene rings is 1. The predicted molar refractivity (Wildman–Crippen MR) is 92.5 cm³/mol. The van der Waals surface area contributed by atoms with E-state index in [1.807, 2.05) is 36.5 Å². The van der Waals surface area contributed by atoms with Crippen LogP contribution in [0.2, 0.25) is 0 Å². The first-order valence-corrected chi connectivity index (χ1v) is 8.64. The molecule has 0 aliphatic carbocycles. The number of likely N-dealkylation sites (N-methyl/N-ethyl adjacent to an activating group) is 1. The fourth-order valence-electron chi connectivity index (χ4n) is 1.98. The molecule has 0 saturated carbocycles. The van der Waals surface area contributed by atoms with Crippen molar-refractivity contribution in [2.45, 2.75) is 6.04 Å². The summed E-state index contributed by atoms with van der Waals surface area (Å²) in [6.07, 6.45) is 0. The van der Waals surface area contributed by atoms with Crippen LogP contribution in [0.1, 0.15) is 21.5 Å². The Hall–Kier alpha value is -1.64. The third-order valence-electron chi connectivity index (χ3n) is 3.19. The Bertz CT molecular complexity index is 655. The van der Waals surface area contributed by atoms with Crippen molar-refractivity contribution in [1.82, 2.24) is 15.5 Å². The van der Waals surface area contributed by atoms with E-state index in [0.29, 0.717) is 11.2 Å². The van der Waals surface area contributed by atoms with Crippen LogP contribution in [0.4, 0.5) is 0 Å². The third kappa shape index (κ3) is 5.19. The van der Waals surface area contributed by atoms with Crippen molar-refractivity contribution in [1.29, 1.82) is 0 Å². The Balaban J connectivity index is 1.79. The fourth-order valence-corrected chi connectivity index (χ4v) is 3.20. The van der Waals surface area contributed by atoms with E-state index < -0.39 is 5.91 Å². The molecule has 0 saturated heterocycles. The van der Waals surface area contributed by atoms with Crippen molar-refractivity contribution < 1.29 is 14.0 Å². The van der Waals surface area contributed by atoms with Gasteiger partial charge in [0.25, 0.3) is 5.91 Å². The van der Waals surface area contributed by atoms with E-state index in [4.69, 9.17) is 4.42 Å². The molecule has 0 aliphatic heterocycles. The van der Waals surface area contributed by atoms with E-state index in [9.17, 15) is 9.59 Å². The summed E-state index contributed by atoms with van der Waals surface area (Å²) in [5, 5.41) is 7.37. The first kappa shape index (κ1) is 17.7. The van der Waals surface area contributed by atoms with E-state index in [0.717, 1.165) is 0 Å². The van der Waals surface area contributed by atoms with Gasteiger partial charge in [-0.15, -0.1) is 11.3 Å². The average Bonchev–Trinajstić information content (AvgIpc) is 3.16. The van der Waals surface area contributed by atoms with E-state index in [2.05, 4.69) is 26.6 Å². The van der Waals surface area contributed by atoms with E-state index >= 15 is 0 Å². The second-order valence-electron chi connectivity index (χ2n) is 5.09. The van der Waals surface area contributed by atoms with Crippen molar-refractivity contribution in [3.63, 3.8) is 0 Å². The molecule has 6 nitrogen and oxygen atoms in total. The number of nitrogens with zero attached hydrogens (tertiary/aromatic N) is 1. The summed E-state index contributed by atoms with van der Waals surface area (Å²) < 4.78 is 5.59. The number of amides is 2. The monoisotopic (exact) mass is 399 g/mol. The maximum atomic E-state index is 11.9. The Kier molecular flexibility index (Phi) is 6.37. The lowest BCUT2D eigenvalue weighted by atomic mass is 10.2. The van der Waals surface area contributed by atoms with Gasteiger partial charge >= 0.3 is 0 Å². The topological polar surface area (TPSA) is 74.6 Å². The molecule has 8 heteroatoms. The van der Waals surface area contributed by atoms with Crippen LogP contribution in [0, 0.1) is 0 Å². The maximum Gasteiger partial charge on any atom is 0.287 e. The smallest absolute Gasteiger partial charge is 0.287 e. The summed E-state index contributed by atoms with van der Waals surface area (Å²) >= 11 is 4.77. The molecule has 0 aliphatic rings. The third-order valence-corrected chi connectivity index (χ3v) is 4.59. The summed E-state index contributed by atoms with van der Waals surface area (Å²) in [4.78, 5) is 26.9. The summed E-state index contributed by atoms with van der Waals surface area (Å²) in [6.45, 7) is 0.385. The number of carbonyl (C=O) groups excluding carboxylic acids is 2. The highest BCUT2D eigenvalue weighted by molar-refractivity contribution is 9.10. The Morgan fingerprint density at radius 2 is 2.09 bits per heavy atom. The zero-order chi connectivity index (χ0) is 16.8. The standard InChI is InChI=1S/C15H18BrN3O3S/c1-19(2)10(12-4-3-7-23-12)8-17-14(20)9-18-15(21)11-5-6-13(16)22-11/h3-7,10H,8-9H2,1-2H3,(H,17,20)(H,18,21). The van der Waals surface area contributed by atoms with Crippen LogP contribution in [0.25, 0.3) is 0 Å². The fraction of sp³-hybridized carbons (Fsp3) is 0.333. The molecular formula is C15H18BrN3O3S. The van der Waals surface area contributed by atoms with Gasteiger partial charge in [0.2, 0.25) is 5.91 Å². The molecule has 2 aromatic rings. The van der Waals surface area contributed by atoms with E-state index in [1.165, 1.54) is 10.9 Å².